The summed E-state index contributed by atoms with van der Waals surface area (Å²) in [4.78, 5) is 12.4. The minimum absolute atomic E-state index is 0.624. The summed E-state index contributed by atoms with van der Waals surface area (Å²) >= 11 is 0. The van der Waals surface area contributed by atoms with Crippen LogP contribution in [0.5, 0.6) is 5.88 Å². The largest absolute Gasteiger partial charge is 0.478 e. The topological polar surface area (TPSA) is 47.9 Å². The Morgan fingerprint density at radius 2 is 2.06 bits per heavy atom. The second kappa shape index (κ2) is 4.70. The molecule has 0 spiro atoms. The molecule has 0 saturated heterocycles. The standard InChI is InChI=1S/C12H13N3O/c1-3-16-12-5-4-10(7-13-12)11-6-9(2)14-8-15-11/h4-8H,3H2,1-2H3. The number of aromatic nitrogens is 3. The van der Waals surface area contributed by atoms with Gasteiger partial charge < -0.3 is 4.74 Å². The van der Waals surface area contributed by atoms with Crippen molar-refractivity contribution in [1.82, 2.24) is 15.0 Å². The van der Waals surface area contributed by atoms with Crippen molar-refractivity contribution in [2.45, 2.75) is 13.8 Å². The van der Waals surface area contributed by atoms with Crippen LogP contribution in [0, 0.1) is 6.92 Å². The summed E-state index contributed by atoms with van der Waals surface area (Å²) in [5.74, 6) is 0.636. The smallest absolute Gasteiger partial charge is 0.213 e. The molecule has 0 atom stereocenters. The average molecular weight is 215 g/mol. The van der Waals surface area contributed by atoms with E-state index in [9.17, 15) is 0 Å². The van der Waals surface area contributed by atoms with Crippen molar-refractivity contribution in [1.29, 1.82) is 0 Å². The Kier molecular flexibility index (Phi) is 3.10. The van der Waals surface area contributed by atoms with E-state index in [1.807, 2.05) is 32.0 Å². The molecule has 4 nitrogen and oxygen atoms in total. The summed E-state index contributed by atoms with van der Waals surface area (Å²) in [5, 5.41) is 0. The highest BCUT2D eigenvalue weighted by molar-refractivity contribution is 5.58. The molecular weight excluding hydrogens is 202 g/mol. The van der Waals surface area contributed by atoms with E-state index in [-0.39, 0.29) is 0 Å². The lowest BCUT2D eigenvalue weighted by Crippen LogP contribution is -1.94. The fourth-order valence-corrected chi connectivity index (χ4v) is 1.38. The van der Waals surface area contributed by atoms with Gasteiger partial charge in [-0.1, -0.05) is 0 Å². The van der Waals surface area contributed by atoms with E-state index in [2.05, 4.69) is 15.0 Å². The van der Waals surface area contributed by atoms with Gasteiger partial charge in [0.15, 0.2) is 0 Å². The molecule has 2 aromatic heterocycles. The molecule has 0 saturated carbocycles. The summed E-state index contributed by atoms with van der Waals surface area (Å²) in [6.45, 7) is 4.50. The van der Waals surface area contributed by atoms with E-state index in [0.717, 1.165) is 17.0 Å². The molecule has 0 aliphatic rings. The fraction of sp³-hybridized carbons (Fsp3) is 0.250. The maximum atomic E-state index is 5.28. The van der Waals surface area contributed by atoms with Crippen LogP contribution in [0.25, 0.3) is 11.3 Å². The molecule has 16 heavy (non-hydrogen) atoms. The van der Waals surface area contributed by atoms with Gasteiger partial charge in [0.1, 0.15) is 6.33 Å². The summed E-state index contributed by atoms with van der Waals surface area (Å²) in [6.07, 6.45) is 3.31. The molecule has 4 heteroatoms. The lowest BCUT2D eigenvalue weighted by atomic mass is 10.2. The third-order valence-corrected chi connectivity index (χ3v) is 2.13. The van der Waals surface area contributed by atoms with Gasteiger partial charge in [-0.3, -0.25) is 0 Å². The van der Waals surface area contributed by atoms with Crippen molar-refractivity contribution in [3.63, 3.8) is 0 Å². The Balaban J connectivity index is 2.27. The van der Waals surface area contributed by atoms with Crippen LogP contribution in [0.2, 0.25) is 0 Å². The number of hydrogen-bond donors (Lipinski definition) is 0. The molecule has 2 aromatic rings. The molecule has 0 aliphatic carbocycles. The Hall–Kier alpha value is -1.97. The van der Waals surface area contributed by atoms with Crippen LogP contribution in [0.4, 0.5) is 0 Å². The van der Waals surface area contributed by atoms with E-state index in [0.29, 0.717) is 12.5 Å². The van der Waals surface area contributed by atoms with Gasteiger partial charge in [-0.2, -0.15) is 0 Å². The molecule has 0 unspecified atom stereocenters. The first kappa shape index (κ1) is 10.5. The lowest BCUT2D eigenvalue weighted by molar-refractivity contribution is 0.327. The third-order valence-electron chi connectivity index (χ3n) is 2.13. The summed E-state index contributed by atoms with van der Waals surface area (Å²) in [7, 11) is 0. The van der Waals surface area contributed by atoms with Crippen molar-refractivity contribution < 1.29 is 4.74 Å². The Morgan fingerprint density at radius 3 is 2.69 bits per heavy atom. The molecule has 0 N–H and O–H groups in total. The Labute approximate surface area is 94.4 Å². The second-order valence-corrected chi connectivity index (χ2v) is 3.36. The van der Waals surface area contributed by atoms with E-state index in [1.54, 1.807) is 12.5 Å². The highest BCUT2D eigenvalue weighted by Gasteiger charge is 2.01. The van der Waals surface area contributed by atoms with Crippen LogP contribution in [-0.2, 0) is 0 Å². The maximum absolute atomic E-state index is 5.28. The number of aryl methyl sites for hydroxylation is 1. The zero-order chi connectivity index (χ0) is 11.4. The Morgan fingerprint density at radius 1 is 1.19 bits per heavy atom. The number of hydrogen-bond acceptors (Lipinski definition) is 4. The number of ether oxygens (including phenoxy) is 1. The van der Waals surface area contributed by atoms with Crippen molar-refractivity contribution in [2.24, 2.45) is 0 Å². The predicted octanol–water partition coefficient (Wildman–Crippen LogP) is 2.25. The number of nitrogens with zero attached hydrogens (tertiary/aromatic N) is 3. The molecule has 0 aliphatic heterocycles. The second-order valence-electron chi connectivity index (χ2n) is 3.36. The SMILES string of the molecule is CCOc1ccc(-c2cc(C)ncn2)cn1. The van der Waals surface area contributed by atoms with Crippen molar-refractivity contribution in [3.05, 3.63) is 36.4 Å². The van der Waals surface area contributed by atoms with Crippen LogP contribution in [0.15, 0.2) is 30.7 Å². The minimum atomic E-state index is 0.624. The molecule has 0 aromatic carbocycles. The van der Waals surface area contributed by atoms with Crippen LogP contribution in [-0.4, -0.2) is 21.6 Å². The van der Waals surface area contributed by atoms with Gasteiger partial charge in [-0.05, 0) is 26.0 Å². The summed E-state index contributed by atoms with van der Waals surface area (Å²) in [6, 6.07) is 5.72. The number of pyridine rings is 1. The van der Waals surface area contributed by atoms with Gasteiger partial charge in [0.05, 0.1) is 12.3 Å². The third kappa shape index (κ3) is 2.34. The zero-order valence-corrected chi connectivity index (χ0v) is 9.34. The van der Waals surface area contributed by atoms with E-state index >= 15 is 0 Å². The fourth-order valence-electron chi connectivity index (χ4n) is 1.38. The quantitative estimate of drug-likeness (QED) is 0.787. The van der Waals surface area contributed by atoms with Crippen LogP contribution in [0.3, 0.4) is 0 Å². The first-order valence-electron chi connectivity index (χ1n) is 5.17. The van der Waals surface area contributed by atoms with Gasteiger partial charge in [-0.15, -0.1) is 0 Å². The van der Waals surface area contributed by atoms with E-state index < -0.39 is 0 Å². The molecule has 0 fully saturated rings. The van der Waals surface area contributed by atoms with Crippen LogP contribution >= 0.6 is 0 Å². The highest BCUT2D eigenvalue weighted by Crippen LogP contribution is 2.18. The monoisotopic (exact) mass is 215 g/mol. The molecule has 82 valence electrons. The number of rotatable bonds is 3. The van der Waals surface area contributed by atoms with Crippen molar-refractivity contribution >= 4 is 0 Å². The normalized spacial score (nSPS) is 10.1. The minimum Gasteiger partial charge on any atom is -0.478 e. The van der Waals surface area contributed by atoms with E-state index in [1.165, 1.54) is 0 Å². The van der Waals surface area contributed by atoms with E-state index in [4.69, 9.17) is 4.74 Å². The van der Waals surface area contributed by atoms with Gasteiger partial charge in [0.2, 0.25) is 5.88 Å². The van der Waals surface area contributed by atoms with Crippen molar-refractivity contribution in [2.75, 3.05) is 6.61 Å². The van der Waals surface area contributed by atoms with Crippen LogP contribution < -0.4 is 4.74 Å². The lowest BCUT2D eigenvalue weighted by Gasteiger charge is -2.03. The first-order valence-corrected chi connectivity index (χ1v) is 5.17. The molecule has 2 heterocycles. The summed E-state index contributed by atoms with van der Waals surface area (Å²) in [5.41, 5.74) is 2.79. The zero-order valence-electron chi connectivity index (χ0n) is 9.34. The van der Waals surface area contributed by atoms with Gasteiger partial charge in [0.25, 0.3) is 0 Å². The highest BCUT2D eigenvalue weighted by atomic mass is 16.5. The first-order chi connectivity index (χ1) is 7.79. The van der Waals surface area contributed by atoms with Gasteiger partial charge in [-0.25, -0.2) is 15.0 Å². The molecule has 2 rings (SSSR count). The van der Waals surface area contributed by atoms with Gasteiger partial charge >= 0.3 is 0 Å². The molecule has 0 bridgehead atoms. The van der Waals surface area contributed by atoms with Gasteiger partial charge in [0, 0.05) is 23.5 Å². The Bertz CT molecular complexity index is 468. The van der Waals surface area contributed by atoms with Crippen LogP contribution in [0.1, 0.15) is 12.6 Å². The predicted molar refractivity (Wildman–Crippen MR) is 61.2 cm³/mol. The maximum Gasteiger partial charge on any atom is 0.213 e. The molecule has 0 radical (unpaired) electrons. The average Bonchev–Trinajstić information content (AvgIpc) is 2.30. The van der Waals surface area contributed by atoms with Crippen molar-refractivity contribution in [3.8, 4) is 17.1 Å². The summed E-state index contributed by atoms with van der Waals surface area (Å²) < 4.78 is 5.28. The molecular formula is C12H13N3O. The molecule has 0 amide bonds.